The molecule has 3 saturated carbocycles. The highest BCUT2D eigenvalue weighted by Gasteiger charge is 2.58. The standard InChI is InChI=1S/C11H14N2O4S/c1-13-6-8(2-9(13)10(14)15)18(16,17)12-11-3-7(4-11)5-11/h2,6-7,12H,3-5H2,1H3,(H,14,15). The van der Waals surface area contributed by atoms with E-state index in [1.165, 1.54) is 23.9 Å². The third-order valence-corrected chi connectivity index (χ3v) is 5.44. The number of hydrogen-bond donors (Lipinski definition) is 2. The summed E-state index contributed by atoms with van der Waals surface area (Å²) in [6.07, 6.45) is 4.05. The number of carbonyl (C=O) groups is 1. The molecule has 0 spiro atoms. The molecule has 18 heavy (non-hydrogen) atoms. The zero-order valence-corrected chi connectivity index (χ0v) is 10.7. The van der Waals surface area contributed by atoms with Crippen LogP contribution in [0.25, 0.3) is 0 Å². The van der Waals surface area contributed by atoms with Crippen molar-refractivity contribution in [3.63, 3.8) is 0 Å². The molecule has 1 heterocycles. The van der Waals surface area contributed by atoms with Gasteiger partial charge in [-0.05, 0) is 31.2 Å². The van der Waals surface area contributed by atoms with Crippen molar-refractivity contribution in [2.45, 2.75) is 29.7 Å². The van der Waals surface area contributed by atoms with Crippen LogP contribution in [0.1, 0.15) is 29.8 Å². The second-order valence-corrected chi connectivity index (χ2v) is 7.02. The van der Waals surface area contributed by atoms with Crippen LogP contribution in [-0.4, -0.2) is 29.6 Å². The van der Waals surface area contributed by atoms with Gasteiger partial charge < -0.3 is 9.67 Å². The van der Waals surface area contributed by atoms with Crippen LogP contribution in [0.3, 0.4) is 0 Å². The Morgan fingerprint density at radius 1 is 1.50 bits per heavy atom. The van der Waals surface area contributed by atoms with Gasteiger partial charge in [0.1, 0.15) is 10.6 Å². The Balaban J connectivity index is 1.88. The first kappa shape index (κ1) is 11.7. The number of rotatable bonds is 4. The van der Waals surface area contributed by atoms with Crippen molar-refractivity contribution in [3.8, 4) is 0 Å². The largest absolute Gasteiger partial charge is 0.477 e. The molecule has 0 amide bonds. The number of nitrogens with one attached hydrogen (secondary N) is 1. The zero-order chi connectivity index (χ0) is 13.1. The zero-order valence-electron chi connectivity index (χ0n) is 9.88. The van der Waals surface area contributed by atoms with Gasteiger partial charge in [-0.3, -0.25) is 0 Å². The minimum absolute atomic E-state index is 0.0205. The number of aryl methyl sites for hydroxylation is 1. The fourth-order valence-corrected chi connectivity index (χ4v) is 4.34. The van der Waals surface area contributed by atoms with Gasteiger partial charge in [-0.15, -0.1) is 0 Å². The quantitative estimate of drug-likeness (QED) is 0.836. The maximum absolute atomic E-state index is 12.1. The summed E-state index contributed by atoms with van der Waals surface area (Å²) < 4.78 is 28.3. The van der Waals surface area contributed by atoms with Crippen molar-refractivity contribution in [2.75, 3.05) is 0 Å². The lowest BCUT2D eigenvalue weighted by Gasteiger charge is -2.61. The minimum atomic E-state index is -3.61. The third kappa shape index (κ3) is 1.58. The predicted octanol–water partition coefficient (Wildman–Crippen LogP) is 0.554. The highest BCUT2D eigenvalue weighted by atomic mass is 32.2. The normalized spacial score (nSPS) is 29.5. The van der Waals surface area contributed by atoms with Crippen LogP contribution in [0.15, 0.2) is 17.2 Å². The van der Waals surface area contributed by atoms with Crippen LogP contribution >= 0.6 is 0 Å². The van der Waals surface area contributed by atoms with Gasteiger partial charge in [0, 0.05) is 18.8 Å². The average Bonchev–Trinajstić information content (AvgIpc) is 2.53. The van der Waals surface area contributed by atoms with Gasteiger partial charge in [0.05, 0.1) is 0 Å². The molecule has 0 radical (unpaired) electrons. The SMILES string of the molecule is Cn1cc(S(=O)(=O)NC23CC(C2)C3)cc1C(=O)O. The molecule has 0 unspecified atom stereocenters. The fraction of sp³-hybridized carbons (Fsp3) is 0.545. The van der Waals surface area contributed by atoms with E-state index in [-0.39, 0.29) is 16.1 Å². The summed E-state index contributed by atoms with van der Waals surface area (Å²) in [6, 6.07) is 1.19. The number of nitrogens with zero attached hydrogens (tertiary/aromatic N) is 1. The van der Waals surface area contributed by atoms with E-state index >= 15 is 0 Å². The molecular weight excluding hydrogens is 256 g/mol. The predicted molar refractivity (Wildman–Crippen MR) is 62.8 cm³/mol. The first-order valence-electron chi connectivity index (χ1n) is 5.75. The molecule has 2 N–H and O–H groups in total. The number of carboxylic acids is 1. The summed E-state index contributed by atoms with van der Waals surface area (Å²) in [5.74, 6) is -0.456. The Hall–Kier alpha value is -1.34. The molecular formula is C11H14N2O4S. The van der Waals surface area contributed by atoms with E-state index in [4.69, 9.17) is 5.11 Å². The Morgan fingerprint density at radius 2 is 2.11 bits per heavy atom. The van der Waals surface area contributed by atoms with Gasteiger partial charge in [-0.2, -0.15) is 0 Å². The van der Waals surface area contributed by atoms with Crippen LogP contribution < -0.4 is 4.72 Å². The van der Waals surface area contributed by atoms with E-state index in [0.29, 0.717) is 5.92 Å². The Morgan fingerprint density at radius 3 is 2.50 bits per heavy atom. The summed E-state index contributed by atoms with van der Waals surface area (Å²) in [5.41, 5.74) is -0.282. The number of carboxylic acid groups (broad SMARTS) is 1. The molecule has 3 fully saturated rings. The van der Waals surface area contributed by atoms with E-state index < -0.39 is 16.0 Å². The van der Waals surface area contributed by atoms with Gasteiger partial charge in [0.25, 0.3) is 0 Å². The maximum Gasteiger partial charge on any atom is 0.352 e. The molecule has 4 rings (SSSR count). The lowest BCUT2D eigenvalue weighted by atomic mass is 9.50. The summed E-state index contributed by atoms with van der Waals surface area (Å²) in [6.45, 7) is 0. The number of aromatic carboxylic acids is 1. The van der Waals surface area contributed by atoms with Crippen molar-refractivity contribution in [1.82, 2.24) is 9.29 Å². The molecule has 0 atom stereocenters. The molecule has 2 bridgehead atoms. The molecule has 0 aliphatic heterocycles. The van der Waals surface area contributed by atoms with Crippen LogP contribution in [0.4, 0.5) is 0 Å². The number of aromatic nitrogens is 1. The molecule has 1 aromatic heterocycles. The van der Waals surface area contributed by atoms with Crippen molar-refractivity contribution in [2.24, 2.45) is 13.0 Å². The number of sulfonamides is 1. The third-order valence-electron chi connectivity index (χ3n) is 3.90. The topological polar surface area (TPSA) is 88.4 Å². The second-order valence-electron chi connectivity index (χ2n) is 5.34. The lowest BCUT2D eigenvalue weighted by molar-refractivity contribution is -0.0317. The van der Waals surface area contributed by atoms with E-state index in [9.17, 15) is 13.2 Å². The number of hydrogen-bond acceptors (Lipinski definition) is 3. The fourth-order valence-electron chi connectivity index (χ4n) is 2.84. The summed E-state index contributed by atoms with van der Waals surface area (Å²) >= 11 is 0. The molecule has 3 aliphatic rings. The first-order valence-corrected chi connectivity index (χ1v) is 7.23. The average molecular weight is 270 g/mol. The molecule has 98 valence electrons. The van der Waals surface area contributed by atoms with Crippen LogP contribution in [-0.2, 0) is 17.1 Å². The van der Waals surface area contributed by atoms with Gasteiger partial charge >= 0.3 is 5.97 Å². The Kier molecular flexibility index (Phi) is 2.19. The van der Waals surface area contributed by atoms with Gasteiger partial charge in [0.2, 0.25) is 10.0 Å². The summed E-state index contributed by atoms with van der Waals surface area (Å²) in [4.78, 5) is 10.9. The monoisotopic (exact) mass is 270 g/mol. The van der Waals surface area contributed by atoms with E-state index in [0.717, 1.165) is 19.3 Å². The van der Waals surface area contributed by atoms with E-state index in [2.05, 4.69) is 4.72 Å². The van der Waals surface area contributed by atoms with Gasteiger partial charge in [-0.1, -0.05) is 0 Å². The van der Waals surface area contributed by atoms with Crippen LogP contribution in [0.5, 0.6) is 0 Å². The van der Waals surface area contributed by atoms with Crippen molar-refractivity contribution < 1.29 is 18.3 Å². The molecule has 0 saturated heterocycles. The van der Waals surface area contributed by atoms with E-state index in [1.54, 1.807) is 0 Å². The summed E-state index contributed by atoms with van der Waals surface area (Å²) in [5, 5.41) is 8.91. The summed E-state index contributed by atoms with van der Waals surface area (Å²) in [7, 11) is -2.09. The lowest BCUT2D eigenvalue weighted by Crippen LogP contribution is -2.67. The molecule has 6 nitrogen and oxygen atoms in total. The van der Waals surface area contributed by atoms with E-state index in [1.807, 2.05) is 0 Å². The Labute approximate surface area is 105 Å². The molecule has 7 heteroatoms. The van der Waals surface area contributed by atoms with Crippen molar-refractivity contribution in [1.29, 1.82) is 0 Å². The van der Waals surface area contributed by atoms with Gasteiger partial charge in [-0.25, -0.2) is 17.9 Å². The molecule has 0 aromatic carbocycles. The second kappa shape index (κ2) is 3.36. The van der Waals surface area contributed by atoms with Crippen molar-refractivity contribution in [3.05, 3.63) is 18.0 Å². The van der Waals surface area contributed by atoms with Crippen LogP contribution in [0, 0.1) is 5.92 Å². The smallest absolute Gasteiger partial charge is 0.352 e. The van der Waals surface area contributed by atoms with Gasteiger partial charge in [0.15, 0.2) is 0 Å². The maximum atomic E-state index is 12.1. The molecule has 1 aromatic rings. The highest BCUT2D eigenvalue weighted by Crippen LogP contribution is 2.57. The van der Waals surface area contributed by atoms with Crippen molar-refractivity contribution >= 4 is 16.0 Å². The Bertz CT molecular complexity index is 614. The minimum Gasteiger partial charge on any atom is -0.477 e. The van der Waals surface area contributed by atoms with Crippen LogP contribution in [0.2, 0.25) is 0 Å². The first-order chi connectivity index (χ1) is 8.31. The highest BCUT2D eigenvalue weighted by molar-refractivity contribution is 7.89. The molecule has 3 aliphatic carbocycles.